The van der Waals surface area contributed by atoms with Crippen LogP contribution in [0.4, 0.5) is 4.79 Å². The van der Waals surface area contributed by atoms with Crippen LogP contribution >= 0.6 is 12.2 Å². The number of piperidine rings is 1. The molecule has 2 N–H and O–H groups in total. The van der Waals surface area contributed by atoms with Gasteiger partial charge in [-0.15, -0.1) is 0 Å². The minimum atomic E-state index is -0.493. The Morgan fingerprint density at radius 3 is 2.67 bits per heavy atom. The van der Waals surface area contributed by atoms with Crippen LogP contribution in [0.25, 0.3) is 0 Å². The number of carbonyl (C=O) groups is 1. The third kappa shape index (κ3) is 8.54. The van der Waals surface area contributed by atoms with Crippen LogP contribution in [0.2, 0.25) is 0 Å². The van der Waals surface area contributed by atoms with Crippen molar-refractivity contribution in [2.24, 2.45) is 0 Å². The maximum absolute atomic E-state index is 12.6. The average Bonchev–Trinajstić information content (AvgIpc) is 2.79. The summed E-state index contributed by atoms with van der Waals surface area (Å²) in [5.41, 5.74) is 3.74. The molecule has 0 radical (unpaired) electrons. The number of ether oxygens (including phenoxy) is 1. The van der Waals surface area contributed by atoms with Gasteiger partial charge in [0.25, 0.3) is 0 Å². The number of hydrogen-bond acceptors (Lipinski definition) is 3. The van der Waals surface area contributed by atoms with E-state index in [0.29, 0.717) is 24.7 Å². The van der Waals surface area contributed by atoms with Gasteiger partial charge in [-0.3, -0.25) is 0 Å². The number of allylic oxidation sites excluding steroid dienone is 3. The normalized spacial score (nSPS) is 16.5. The van der Waals surface area contributed by atoms with E-state index < -0.39 is 5.60 Å². The summed E-state index contributed by atoms with van der Waals surface area (Å²) < 4.78 is 5.59. The Morgan fingerprint density at radius 1 is 1.27 bits per heavy atom. The summed E-state index contributed by atoms with van der Waals surface area (Å²) in [7, 11) is 0. The SMILES string of the molecule is C=CC=C(CNC(=S)NCc1ccccc1C1CCCN(C(=O)OC(C)(C)C)C1)C(=C)C=C. The van der Waals surface area contributed by atoms with E-state index in [1.54, 1.807) is 12.2 Å². The minimum absolute atomic E-state index is 0.238. The smallest absolute Gasteiger partial charge is 0.410 e. The average molecular weight is 468 g/mol. The fourth-order valence-electron chi connectivity index (χ4n) is 3.78. The van der Waals surface area contributed by atoms with E-state index in [2.05, 4.69) is 48.6 Å². The molecule has 1 fully saturated rings. The van der Waals surface area contributed by atoms with Crippen LogP contribution in [-0.2, 0) is 11.3 Å². The van der Waals surface area contributed by atoms with Crippen molar-refractivity contribution in [3.05, 3.63) is 84.5 Å². The Kier molecular flexibility index (Phi) is 9.92. The van der Waals surface area contributed by atoms with E-state index >= 15 is 0 Å². The van der Waals surface area contributed by atoms with Crippen molar-refractivity contribution in [2.45, 2.75) is 51.7 Å². The topological polar surface area (TPSA) is 53.6 Å². The number of nitrogens with one attached hydrogen (secondary N) is 2. The highest BCUT2D eigenvalue weighted by molar-refractivity contribution is 7.80. The largest absolute Gasteiger partial charge is 0.444 e. The van der Waals surface area contributed by atoms with Crippen molar-refractivity contribution in [1.82, 2.24) is 15.5 Å². The summed E-state index contributed by atoms with van der Waals surface area (Å²) >= 11 is 5.48. The lowest BCUT2D eigenvalue weighted by Gasteiger charge is -2.35. The third-order valence-corrected chi connectivity index (χ3v) is 5.71. The van der Waals surface area contributed by atoms with Crippen LogP contribution in [0, 0.1) is 0 Å². The number of benzene rings is 1. The Bertz CT molecular complexity index is 914. The van der Waals surface area contributed by atoms with Crippen molar-refractivity contribution < 1.29 is 9.53 Å². The Labute approximate surface area is 204 Å². The molecule has 2 rings (SSSR count). The van der Waals surface area contributed by atoms with E-state index in [-0.39, 0.29) is 12.0 Å². The number of rotatable bonds is 8. The highest BCUT2D eigenvalue weighted by atomic mass is 32.1. The lowest BCUT2D eigenvalue weighted by atomic mass is 9.87. The number of thiocarbonyl (C=S) groups is 1. The second-order valence-corrected chi connectivity index (χ2v) is 9.57. The van der Waals surface area contributed by atoms with E-state index in [9.17, 15) is 4.79 Å². The van der Waals surface area contributed by atoms with Crippen LogP contribution < -0.4 is 10.6 Å². The molecule has 0 aromatic heterocycles. The first-order valence-corrected chi connectivity index (χ1v) is 11.8. The van der Waals surface area contributed by atoms with Crippen molar-refractivity contribution in [1.29, 1.82) is 0 Å². The van der Waals surface area contributed by atoms with E-state index in [1.807, 2.05) is 37.8 Å². The molecule has 6 heteroatoms. The van der Waals surface area contributed by atoms with Gasteiger partial charge in [-0.2, -0.15) is 0 Å². The zero-order chi connectivity index (χ0) is 24.4. The summed E-state index contributed by atoms with van der Waals surface area (Å²) in [6.45, 7) is 19.7. The van der Waals surface area contributed by atoms with Crippen LogP contribution in [0.5, 0.6) is 0 Å². The molecular formula is C27H37N3O2S. The zero-order valence-electron chi connectivity index (χ0n) is 20.2. The molecule has 1 aromatic rings. The van der Waals surface area contributed by atoms with Gasteiger partial charge in [-0.25, -0.2) is 4.79 Å². The molecular weight excluding hydrogens is 430 g/mol. The zero-order valence-corrected chi connectivity index (χ0v) is 21.0. The summed E-state index contributed by atoms with van der Waals surface area (Å²) in [4.78, 5) is 14.4. The highest BCUT2D eigenvalue weighted by Gasteiger charge is 2.29. The number of likely N-dealkylation sites (tertiary alicyclic amines) is 1. The van der Waals surface area contributed by atoms with Gasteiger partial charge in [0.1, 0.15) is 5.60 Å². The molecule has 1 amide bonds. The van der Waals surface area contributed by atoms with E-state index in [4.69, 9.17) is 17.0 Å². The van der Waals surface area contributed by atoms with Crippen LogP contribution in [0.15, 0.2) is 73.4 Å². The summed E-state index contributed by atoms with van der Waals surface area (Å²) in [5.74, 6) is 0.267. The van der Waals surface area contributed by atoms with Crippen LogP contribution in [0.3, 0.4) is 0 Å². The van der Waals surface area contributed by atoms with Gasteiger partial charge in [0.05, 0.1) is 0 Å². The lowest BCUT2D eigenvalue weighted by molar-refractivity contribution is 0.0198. The first kappa shape index (κ1) is 26.4. The monoisotopic (exact) mass is 467 g/mol. The fraction of sp³-hybridized carbons (Fsp3) is 0.407. The van der Waals surface area contributed by atoms with Crippen LogP contribution in [0.1, 0.15) is 50.7 Å². The predicted octanol–water partition coefficient (Wildman–Crippen LogP) is 5.62. The van der Waals surface area contributed by atoms with Gasteiger partial charge in [-0.1, -0.05) is 62.2 Å². The first-order valence-electron chi connectivity index (χ1n) is 11.4. The number of nitrogens with zero attached hydrogens (tertiary/aromatic N) is 1. The predicted molar refractivity (Wildman–Crippen MR) is 141 cm³/mol. The molecule has 1 aromatic carbocycles. The summed E-state index contributed by atoms with van der Waals surface area (Å²) in [6, 6.07) is 8.34. The molecule has 1 aliphatic heterocycles. The molecule has 0 aliphatic carbocycles. The Morgan fingerprint density at radius 2 is 2.00 bits per heavy atom. The standard InChI is InChI=1S/C27H37N3O2S/c1-7-12-21(20(3)8-2)17-28-25(33)29-18-22-13-9-10-15-24(22)23-14-11-16-30(19-23)26(31)32-27(4,5)6/h7-10,12-13,15,23H,1-3,11,14,16-19H2,4-6H3,(H2,28,29,33). The fourth-order valence-corrected chi connectivity index (χ4v) is 3.93. The quantitative estimate of drug-likeness (QED) is 0.384. The maximum atomic E-state index is 12.6. The lowest BCUT2D eigenvalue weighted by Crippen LogP contribution is -2.42. The molecule has 0 bridgehead atoms. The number of hydrogen-bond donors (Lipinski definition) is 2. The van der Waals surface area contributed by atoms with Crippen LogP contribution in [-0.4, -0.2) is 41.3 Å². The Hall–Kier alpha value is -2.86. The van der Waals surface area contributed by atoms with Gasteiger partial charge >= 0.3 is 6.09 Å². The molecule has 1 saturated heterocycles. The highest BCUT2D eigenvalue weighted by Crippen LogP contribution is 2.30. The van der Waals surface area contributed by atoms with Crippen molar-refractivity contribution in [3.8, 4) is 0 Å². The molecule has 1 aliphatic rings. The molecule has 1 atom stereocenters. The van der Waals surface area contributed by atoms with Gasteiger partial charge in [0, 0.05) is 32.1 Å². The number of carbonyl (C=O) groups excluding carboxylic acids is 1. The third-order valence-electron chi connectivity index (χ3n) is 5.42. The second-order valence-electron chi connectivity index (χ2n) is 9.16. The van der Waals surface area contributed by atoms with Crippen molar-refractivity contribution in [2.75, 3.05) is 19.6 Å². The molecule has 178 valence electrons. The van der Waals surface area contributed by atoms with E-state index in [1.165, 1.54) is 11.1 Å². The Balaban J connectivity index is 1.99. The van der Waals surface area contributed by atoms with Gasteiger partial charge < -0.3 is 20.3 Å². The molecule has 5 nitrogen and oxygen atoms in total. The van der Waals surface area contributed by atoms with E-state index in [0.717, 1.165) is 30.5 Å². The van der Waals surface area contributed by atoms with Crippen molar-refractivity contribution >= 4 is 23.4 Å². The molecule has 1 unspecified atom stereocenters. The summed E-state index contributed by atoms with van der Waals surface area (Å²) in [6.07, 6.45) is 7.10. The first-order chi connectivity index (χ1) is 15.6. The molecule has 1 heterocycles. The molecule has 33 heavy (non-hydrogen) atoms. The maximum Gasteiger partial charge on any atom is 0.410 e. The number of amides is 1. The molecule has 0 spiro atoms. The summed E-state index contributed by atoms with van der Waals surface area (Å²) in [5, 5.41) is 7.09. The van der Waals surface area contributed by atoms with Crippen molar-refractivity contribution in [3.63, 3.8) is 0 Å². The second kappa shape index (κ2) is 12.4. The molecule has 0 saturated carbocycles. The minimum Gasteiger partial charge on any atom is -0.444 e. The van der Waals surface area contributed by atoms with Gasteiger partial charge in [0.15, 0.2) is 5.11 Å². The van der Waals surface area contributed by atoms with Gasteiger partial charge in [-0.05, 0) is 68.1 Å². The van der Waals surface area contributed by atoms with Gasteiger partial charge in [0.2, 0.25) is 0 Å².